The third kappa shape index (κ3) is 1.93. The Morgan fingerprint density at radius 2 is 2.00 bits per heavy atom. The molecule has 0 radical (unpaired) electrons. The van der Waals surface area contributed by atoms with Gasteiger partial charge < -0.3 is 14.2 Å². The van der Waals surface area contributed by atoms with E-state index in [1.54, 1.807) is 6.07 Å². The number of hydrogen-bond acceptors (Lipinski definition) is 2. The van der Waals surface area contributed by atoms with Crippen molar-refractivity contribution in [3.05, 3.63) is 64.2 Å². The van der Waals surface area contributed by atoms with Crippen LogP contribution in [0.1, 0.15) is 35.3 Å². The average molecular weight is 308 g/mol. The van der Waals surface area contributed by atoms with Crippen molar-refractivity contribution in [1.82, 2.24) is 9.13 Å². The second-order valence-corrected chi connectivity index (χ2v) is 6.02. The summed E-state index contributed by atoms with van der Waals surface area (Å²) >= 11 is 0. The molecule has 0 amide bonds. The van der Waals surface area contributed by atoms with Gasteiger partial charge in [0, 0.05) is 35.6 Å². The Morgan fingerprint density at radius 3 is 2.70 bits per heavy atom. The van der Waals surface area contributed by atoms with Gasteiger partial charge in [-0.3, -0.25) is 4.79 Å². The van der Waals surface area contributed by atoms with Gasteiger partial charge in [0.25, 0.3) is 0 Å². The monoisotopic (exact) mass is 308 g/mol. The number of benzene rings is 1. The predicted octanol–water partition coefficient (Wildman–Crippen LogP) is 3.00. The second kappa shape index (κ2) is 4.84. The van der Waals surface area contributed by atoms with Crippen LogP contribution in [-0.2, 0) is 6.42 Å². The van der Waals surface area contributed by atoms with Crippen molar-refractivity contribution in [3.8, 4) is 5.69 Å². The Kier molecular flexibility index (Phi) is 2.91. The van der Waals surface area contributed by atoms with Gasteiger partial charge in [-0.1, -0.05) is 0 Å². The molecule has 0 spiro atoms. The smallest absolute Gasteiger partial charge is 0.341 e. The van der Waals surface area contributed by atoms with E-state index in [2.05, 4.69) is 6.92 Å². The van der Waals surface area contributed by atoms with E-state index in [1.165, 1.54) is 6.20 Å². The molecule has 0 saturated carbocycles. The lowest BCUT2D eigenvalue weighted by atomic mass is 9.94. The van der Waals surface area contributed by atoms with Crippen molar-refractivity contribution in [2.45, 2.75) is 25.8 Å². The first-order valence-corrected chi connectivity index (χ1v) is 7.65. The summed E-state index contributed by atoms with van der Waals surface area (Å²) in [6.45, 7) is 2.06. The summed E-state index contributed by atoms with van der Waals surface area (Å²) in [5.41, 5.74) is 2.45. The average Bonchev–Trinajstić information content (AvgIpc) is 3.06. The maximum atomic E-state index is 12.5. The maximum Gasteiger partial charge on any atom is 0.341 e. The fourth-order valence-electron chi connectivity index (χ4n) is 3.49. The van der Waals surface area contributed by atoms with Gasteiger partial charge in [0.15, 0.2) is 0 Å². The fourth-order valence-corrected chi connectivity index (χ4v) is 3.49. The van der Waals surface area contributed by atoms with Crippen LogP contribution in [0.5, 0.6) is 0 Å². The van der Waals surface area contributed by atoms with E-state index in [1.807, 2.05) is 39.7 Å². The normalized spacial score (nSPS) is 16.7. The van der Waals surface area contributed by atoms with Gasteiger partial charge in [-0.25, -0.2) is 4.79 Å². The number of hydrogen-bond donors (Lipinski definition) is 1. The number of rotatable bonds is 2. The van der Waals surface area contributed by atoms with Crippen LogP contribution in [0.15, 0.2) is 47.7 Å². The molecular weight excluding hydrogens is 292 g/mol. The standard InChI is InChI=1S/C18H16N2O3/c1-11-4-5-12-15(19-8-2-3-9-19)7-6-13-16(12)20(11)10-14(17(13)21)18(22)23/h2-3,6-11H,4-5H2,1H3,(H,22,23). The molecule has 0 aliphatic carbocycles. The van der Waals surface area contributed by atoms with Crippen LogP contribution >= 0.6 is 0 Å². The van der Waals surface area contributed by atoms with E-state index >= 15 is 0 Å². The van der Waals surface area contributed by atoms with Crippen LogP contribution in [0, 0.1) is 0 Å². The highest BCUT2D eigenvalue weighted by Gasteiger charge is 2.24. The Labute approximate surface area is 132 Å². The van der Waals surface area contributed by atoms with Crippen LogP contribution in [0.25, 0.3) is 16.6 Å². The lowest BCUT2D eigenvalue weighted by molar-refractivity contribution is 0.0694. The van der Waals surface area contributed by atoms with E-state index < -0.39 is 11.4 Å². The van der Waals surface area contributed by atoms with Gasteiger partial charge in [-0.05, 0) is 44.0 Å². The summed E-state index contributed by atoms with van der Waals surface area (Å²) in [5, 5.41) is 9.79. The van der Waals surface area contributed by atoms with E-state index in [-0.39, 0.29) is 11.6 Å². The van der Waals surface area contributed by atoms with Gasteiger partial charge in [0.1, 0.15) is 5.56 Å². The van der Waals surface area contributed by atoms with Crippen molar-refractivity contribution >= 4 is 16.9 Å². The van der Waals surface area contributed by atoms with Crippen LogP contribution in [0.2, 0.25) is 0 Å². The summed E-state index contributed by atoms with van der Waals surface area (Å²) in [7, 11) is 0. The second-order valence-electron chi connectivity index (χ2n) is 6.02. The summed E-state index contributed by atoms with van der Waals surface area (Å²) in [5.74, 6) is -1.17. The zero-order chi connectivity index (χ0) is 16.1. The molecular formula is C18H16N2O3. The van der Waals surface area contributed by atoms with Crippen LogP contribution in [-0.4, -0.2) is 20.2 Å². The van der Waals surface area contributed by atoms with Gasteiger partial charge in [0.2, 0.25) is 5.43 Å². The lowest BCUT2D eigenvalue weighted by Crippen LogP contribution is -2.24. The number of carbonyl (C=O) groups is 1. The summed E-state index contributed by atoms with van der Waals surface area (Å²) in [6.07, 6.45) is 7.24. The third-order valence-corrected chi connectivity index (χ3v) is 4.67. The number of nitrogens with zero attached hydrogens (tertiary/aromatic N) is 2. The number of pyridine rings is 1. The van der Waals surface area contributed by atoms with E-state index in [9.17, 15) is 14.7 Å². The SMILES string of the molecule is CC1CCc2c(-n3cccc3)ccc3c(=O)c(C(=O)O)cn1c23. The molecule has 116 valence electrons. The molecule has 1 aromatic carbocycles. The van der Waals surface area contributed by atoms with Gasteiger partial charge >= 0.3 is 5.97 Å². The molecule has 1 aliphatic heterocycles. The molecule has 5 heteroatoms. The zero-order valence-electron chi connectivity index (χ0n) is 12.7. The number of carboxylic acid groups (broad SMARTS) is 1. The summed E-state index contributed by atoms with van der Waals surface area (Å²) < 4.78 is 3.98. The van der Waals surface area contributed by atoms with Gasteiger partial charge in [-0.15, -0.1) is 0 Å². The molecule has 1 aliphatic rings. The molecule has 2 aromatic heterocycles. The van der Waals surface area contributed by atoms with Gasteiger partial charge in [0.05, 0.1) is 11.2 Å². The maximum absolute atomic E-state index is 12.5. The molecule has 4 rings (SSSR count). The Bertz CT molecular complexity index is 984. The minimum atomic E-state index is -1.17. The number of aryl methyl sites for hydroxylation is 1. The van der Waals surface area contributed by atoms with Crippen molar-refractivity contribution in [1.29, 1.82) is 0 Å². The molecule has 0 saturated heterocycles. The van der Waals surface area contributed by atoms with E-state index in [0.717, 1.165) is 29.6 Å². The Hall–Kier alpha value is -2.82. The summed E-state index contributed by atoms with van der Waals surface area (Å²) in [4.78, 5) is 23.9. The van der Waals surface area contributed by atoms with Crippen molar-refractivity contribution in [2.75, 3.05) is 0 Å². The molecule has 5 nitrogen and oxygen atoms in total. The molecule has 23 heavy (non-hydrogen) atoms. The molecule has 0 bridgehead atoms. The van der Waals surface area contributed by atoms with Crippen LogP contribution in [0.4, 0.5) is 0 Å². The van der Waals surface area contributed by atoms with E-state index in [0.29, 0.717) is 5.39 Å². The van der Waals surface area contributed by atoms with Crippen molar-refractivity contribution < 1.29 is 9.90 Å². The quantitative estimate of drug-likeness (QED) is 0.791. The highest BCUT2D eigenvalue weighted by Crippen LogP contribution is 2.33. The highest BCUT2D eigenvalue weighted by molar-refractivity contribution is 5.94. The number of carboxylic acids is 1. The molecule has 1 unspecified atom stereocenters. The van der Waals surface area contributed by atoms with E-state index in [4.69, 9.17) is 0 Å². The Morgan fingerprint density at radius 1 is 1.26 bits per heavy atom. The lowest BCUT2D eigenvalue weighted by Gasteiger charge is -2.28. The number of aromatic nitrogens is 2. The van der Waals surface area contributed by atoms with Crippen molar-refractivity contribution in [3.63, 3.8) is 0 Å². The topological polar surface area (TPSA) is 64.2 Å². The highest BCUT2D eigenvalue weighted by atomic mass is 16.4. The first-order chi connectivity index (χ1) is 11.1. The molecule has 3 aromatic rings. The molecule has 0 fully saturated rings. The zero-order valence-corrected chi connectivity index (χ0v) is 12.7. The third-order valence-electron chi connectivity index (χ3n) is 4.67. The molecule has 1 atom stereocenters. The minimum absolute atomic E-state index is 0.161. The number of aromatic carboxylic acids is 1. The molecule has 1 N–H and O–H groups in total. The molecule has 3 heterocycles. The van der Waals surface area contributed by atoms with Gasteiger partial charge in [-0.2, -0.15) is 0 Å². The summed E-state index contributed by atoms with van der Waals surface area (Å²) in [6, 6.07) is 7.75. The first kappa shape index (κ1) is 13.8. The first-order valence-electron chi connectivity index (χ1n) is 7.65. The van der Waals surface area contributed by atoms with Crippen LogP contribution in [0.3, 0.4) is 0 Å². The largest absolute Gasteiger partial charge is 0.477 e. The van der Waals surface area contributed by atoms with Crippen LogP contribution < -0.4 is 5.43 Å². The minimum Gasteiger partial charge on any atom is -0.477 e. The van der Waals surface area contributed by atoms with Crippen molar-refractivity contribution in [2.24, 2.45) is 0 Å². The predicted molar refractivity (Wildman–Crippen MR) is 87.5 cm³/mol. The fraction of sp³-hybridized carbons (Fsp3) is 0.222. The Balaban J connectivity index is 2.14.